The molecule has 1 aliphatic heterocycles. The molecule has 2 N–H and O–H groups in total. The fraction of sp³-hybridized carbons (Fsp3) is 0.800. The maximum atomic E-state index is 15.1. The van der Waals surface area contributed by atoms with Gasteiger partial charge in [-0.1, -0.05) is 123 Å². The Morgan fingerprint density at radius 3 is 1.34 bits per heavy atom. The van der Waals surface area contributed by atoms with Crippen LogP contribution in [0.15, 0.2) is 12.2 Å². The molecule has 1 fully saturated rings. The largest absolute Gasteiger partial charge is 0.390 e. The first kappa shape index (κ1) is 77.5. The van der Waals surface area contributed by atoms with Crippen LogP contribution in [-0.4, -0.2) is 208 Å². The predicted molar refractivity (Wildman–Crippen MR) is 332 cm³/mol. The second kappa shape index (κ2) is 35.3. The zero-order valence-electron chi connectivity index (χ0n) is 56.7. The highest BCUT2D eigenvalue weighted by atomic mass is 16.3. The van der Waals surface area contributed by atoms with E-state index >= 15 is 9.59 Å². The normalized spacial score (nSPS) is 27.2. The Morgan fingerprint density at radius 2 is 0.894 bits per heavy atom. The van der Waals surface area contributed by atoms with Crippen LogP contribution in [0.2, 0.25) is 0 Å². The minimum absolute atomic E-state index is 0.0399. The first-order chi connectivity index (χ1) is 39.2. The standard InChI is InChI=1S/C65H114N8O12/c1-25-27-28-43(15)58(78)57-59(79)66-47(26-2)62(82)67(18)36-55(77)68(19)48(29-37(3)4)54(76)35-46(41(11)12)61(81)69(20)49(30-38(5)6)53(75)33-44(16)52(74)34-45(17)60(80)70(21)50(31-39(7)8)63(83)71(22)51(32-40(9)10)64(84)72(23)56(42(13)14)65(85)73(57)24/h25,27,37-51,56-58,78H,26,28-36H2,1-24H3,(H,66,79)/b27-25+/t43-,44-,45+,46+,47+,48+,49+,50+,51+,56+,57?,58?/m1/s1. The van der Waals surface area contributed by atoms with E-state index in [-0.39, 0.29) is 98.3 Å². The molecule has 20 heteroatoms. The number of aliphatic hydroxyl groups is 1. The maximum Gasteiger partial charge on any atom is 0.246 e. The molecule has 0 saturated carbocycles. The number of hydrogen-bond acceptors (Lipinski definition) is 12. The molecule has 0 bridgehead atoms. The summed E-state index contributed by atoms with van der Waals surface area (Å²) in [6.07, 6.45) is 2.63. The summed E-state index contributed by atoms with van der Waals surface area (Å²) in [6, 6.07) is -8.24. The van der Waals surface area contributed by atoms with Gasteiger partial charge in [-0.2, -0.15) is 0 Å². The Morgan fingerprint density at radius 1 is 0.482 bits per heavy atom. The highest BCUT2D eigenvalue weighted by Gasteiger charge is 2.46. The number of aliphatic hydroxyl groups excluding tert-OH is 1. The van der Waals surface area contributed by atoms with Gasteiger partial charge in [0.15, 0.2) is 11.6 Å². The molecule has 0 spiro atoms. The fourth-order valence-corrected chi connectivity index (χ4v) is 11.5. The number of rotatable bonds is 15. The molecule has 8 amide bonds. The molecule has 486 valence electrons. The van der Waals surface area contributed by atoms with E-state index < -0.39 is 132 Å². The van der Waals surface area contributed by atoms with Crippen molar-refractivity contribution in [3.8, 4) is 0 Å². The van der Waals surface area contributed by atoms with Crippen LogP contribution < -0.4 is 5.32 Å². The van der Waals surface area contributed by atoms with E-state index in [2.05, 4.69) is 5.32 Å². The van der Waals surface area contributed by atoms with E-state index in [0.29, 0.717) is 6.42 Å². The van der Waals surface area contributed by atoms with Gasteiger partial charge >= 0.3 is 0 Å². The Balaban J connectivity index is 4.32. The molecule has 1 aliphatic rings. The number of nitrogens with zero attached hydrogens (tertiary/aromatic N) is 7. The zero-order chi connectivity index (χ0) is 66.0. The molecule has 12 atom stereocenters. The molecular formula is C65H114N8O12. The van der Waals surface area contributed by atoms with Gasteiger partial charge in [0, 0.05) is 86.3 Å². The lowest BCUT2D eigenvalue weighted by Gasteiger charge is -2.41. The first-order valence-electron chi connectivity index (χ1n) is 31.2. The summed E-state index contributed by atoms with van der Waals surface area (Å²) in [5.41, 5.74) is 0. The van der Waals surface area contributed by atoms with Crippen molar-refractivity contribution < 1.29 is 57.8 Å². The molecule has 0 aliphatic carbocycles. The van der Waals surface area contributed by atoms with Crippen LogP contribution in [0.4, 0.5) is 0 Å². The van der Waals surface area contributed by atoms with Crippen molar-refractivity contribution in [1.82, 2.24) is 39.6 Å². The molecule has 85 heavy (non-hydrogen) atoms. The van der Waals surface area contributed by atoms with E-state index in [4.69, 9.17) is 0 Å². The number of ketones is 3. The number of carbonyl (C=O) groups is 11. The first-order valence-corrected chi connectivity index (χ1v) is 31.2. The third-order valence-corrected chi connectivity index (χ3v) is 17.0. The summed E-state index contributed by atoms with van der Waals surface area (Å²) >= 11 is 0. The summed E-state index contributed by atoms with van der Waals surface area (Å²) in [7, 11) is 10.2. The van der Waals surface area contributed by atoms with Crippen molar-refractivity contribution in [3.63, 3.8) is 0 Å². The van der Waals surface area contributed by atoms with Crippen LogP contribution in [0, 0.1) is 59.2 Å². The van der Waals surface area contributed by atoms with E-state index in [9.17, 15) is 48.3 Å². The molecule has 1 rings (SSSR count). The van der Waals surface area contributed by atoms with Gasteiger partial charge in [-0.3, -0.25) is 52.7 Å². The number of likely N-dealkylation sites (N-methyl/N-ethyl adjacent to an activating group) is 7. The van der Waals surface area contributed by atoms with E-state index in [1.807, 2.05) is 82.2 Å². The smallest absolute Gasteiger partial charge is 0.246 e. The molecule has 0 aromatic rings. The predicted octanol–water partition coefficient (Wildman–Crippen LogP) is 6.54. The Bertz CT molecular complexity index is 2320. The fourth-order valence-electron chi connectivity index (χ4n) is 11.5. The molecular weight excluding hydrogens is 1080 g/mol. The third-order valence-electron chi connectivity index (χ3n) is 17.0. The topological polar surface area (TPSA) is 243 Å². The van der Waals surface area contributed by atoms with E-state index in [0.717, 1.165) is 9.80 Å². The lowest BCUT2D eigenvalue weighted by atomic mass is 9.84. The van der Waals surface area contributed by atoms with Crippen LogP contribution in [0.3, 0.4) is 0 Å². The molecule has 1 saturated heterocycles. The van der Waals surface area contributed by atoms with Gasteiger partial charge in [0.05, 0.1) is 24.7 Å². The highest BCUT2D eigenvalue weighted by Crippen LogP contribution is 2.29. The average Bonchev–Trinajstić information content (AvgIpc) is 3.62. The van der Waals surface area contributed by atoms with Crippen LogP contribution in [0.1, 0.15) is 175 Å². The summed E-state index contributed by atoms with van der Waals surface area (Å²) in [6.45, 7) is 30.2. The van der Waals surface area contributed by atoms with Gasteiger partial charge in [-0.25, -0.2) is 0 Å². The number of carbonyl (C=O) groups excluding carboxylic acids is 11. The molecule has 20 nitrogen and oxygen atoms in total. The van der Waals surface area contributed by atoms with Gasteiger partial charge in [-0.15, -0.1) is 0 Å². The van der Waals surface area contributed by atoms with Crippen molar-refractivity contribution in [1.29, 1.82) is 0 Å². The second-order valence-electron chi connectivity index (χ2n) is 27.1. The van der Waals surface area contributed by atoms with E-state index in [1.54, 1.807) is 47.6 Å². The van der Waals surface area contributed by atoms with Gasteiger partial charge in [0.25, 0.3) is 0 Å². The van der Waals surface area contributed by atoms with E-state index in [1.165, 1.54) is 73.8 Å². The Kier molecular flexibility index (Phi) is 32.2. The highest BCUT2D eigenvalue weighted by molar-refractivity contribution is 5.99. The van der Waals surface area contributed by atoms with Crippen molar-refractivity contribution in [2.45, 2.75) is 224 Å². The van der Waals surface area contributed by atoms with Gasteiger partial charge in [0.1, 0.15) is 36.0 Å². The Hall–Kier alpha value is -5.53. The monoisotopic (exact) mass is 1200 g/mol. The average molecular weight is 1200 g/mol. The number of amides is 8. The van der Waals surface area contributed by atoms with Crippen molar-refractivity contribution in [2.75, 3.05) is 55.9 Å². The quantitative estimate of drug-likeness (QED) is 0.166. The lowest BCUT2D eigenvalue weighted by Crippen LogP contribution is -2.63. The SMILES string of the molecule is C/C=C/C[C@@H](C)C(O)C1C(=O)N[C@@H](CC)C(=O)N(C)CC(=O)N(C)[C@@H](CC(C)C)C(=O)C[C@@H](C(C)C)C(=O)N(C)[C@@H](CC(C)C)C(=O)C[C@@H](C)C(=O)C[C@H](C)C(=O)N(C)[C@@H](CC(C)C)C(=O)N(C)[C@@H](CC(C)C)C(=O)N(C)[C@@H](C(C)C)C(=O)N1C. The lowest BCUT2D eigenvalue weighted by molar-refractivity contribution is -0.157. The summed E-state index contributed by atoms with van der Waals surface area (Å²) < 4.78 is 0. The molecule has 0 aromatic carbocycles. The number of hydrogen-bond donors (Lipinski definition) is 2. The Labute approximate surface area is 511 Å². The van der Waals surface area contributed by atoms with Crippen molar-refractivity contribution >= 4 is 64.6 Å². The molecule has 0 radical (unpaired) electrons. The summed E-state index contributed by atoms with van der Waals surface area (Å²) in [4.78, 5) is 170. The summed E-state index contributed by atoms with van der Waals surface area (Å²) in [5, 5.41) is 14.9. The number of allylic oxidation sites excluding steroid dienone is 2. The van der Waals surface area contributed by atoms with Crippen molar-refractivity contribution in [3.05, 3.63) is 12.2 Å². The molecule has 1 heterocycles. The number of nitrogens with one attached hydrogen (secondary N) is 1. The van der Waals surface area contributed by atoms with Gasteiger partial charge in [-0.05, 0) is 86.9 Å². The maximum absolute atomic E-state index is 15.1. The third kappa shape index (κ3) is 22.0. The number of Topliss-reactive ketones (excluding diaryl/α,β-unsaturated/α-hetero) is 3. The molecule has 2 unspecified atom stereocenters. The molecule has 0 aromatic heterocycles. The second-order valence-corrected chi connectivity index (χ2v) is 27.1. The van der Waals surface area contributed by atoms with Gasteiger partial charge in [0.2, 0.25) is 47.3 Å². The van der Waals surface area contributed by atoms with Gasteiger partial charge < -0.3 is 44.7 Å². The minimum Gasteiger partial charge on any atom is -0.390 e. The zero-order valence-corrected chi connectivity index (χ0v) is 56.7. The van der Waals surface area contributed by atoms with Crippen LogP contribution in [0.25, 0.3) is 0 Å². The van der Waals surface area contributed by atoms with Crippen LogP contribution >= 0.6 is 0 Å². The summed E-state index contributed by atoms with van der Waals surface area (Å²) in [5.74, 6) is -10.6. The minimum atomic E-state index is -1.59. The van der Waals surface area contributed by atoms with Crippen LogP contribution in [-0.2, 0) is 52.7 Å². The van der Waals surface area contributed by atoms with Crippen molar-refractivity contribution in [2.24, 2.45) is 59.2 Å². The van der Waals surface area contributed by atoms with Crippen LogP contribution in [0.5, 0.6) is 0 Å².